The SMILES string of the molecule is NN1c2ccccc2CC[C@H]1C1CCCCC1. The number of fused-ring (bicyclic) bond motifs is 1. The molecule has 2 aliphatic rings. The third kappa shape index (κ3) is 2.06. The third-order valence-corrected chi connectivity index (χ3v) is 4.53. The molecule has 0 spiro atoms. The van der Waals surface area contributed by atoms with Gasteiger partial charge in [0.1, 0.15) is 0 Å². The zero-order valence-corrected chi connectivity index (χ0v) is 10.4. The molecular weight excluding hydrogens is 208 g/mol. The molecule has 3 rings (SSSR count). The summed E-state index contributed by atoms with van der Waals surface area (Å²) in [6, 6.07) is 9.18. The third-order valence-electron chi connectivity index (χ3n) is 4.53. The van der Waals surface area contributed by atoms with Gasteiger partial charge in [0.15, 0.2) is 0 Å². The molecule has 0 saturated heterocycles. The van der Waals surface area contributed by atoms with Crippen LogP contribution in [0.15, 0.2) is 24.3 Å². The van der Waals surface area contributed by atoms with Crippen molar-refractivity contribution in [2.75, 3.05) is 5.01 Å². The van der Waals surface area contributed by atoms with E-state index in [2.05, 4.69) is 29.3 Å². The lowest BCUT2D eigenvalue weighted by atomic mass is 9.80. The Bertz CT molecular complexity index is 382. The van der Waals surface area contributed by atoms with E-state index in [0.29, 0.717) is 6.04 Å². The summed E-state index contributed by atoms with van der Waals surface area (Å²) >= 11 is 0. The van der Waals surface area contributed by atoms with Crippen LogP contribution in [0.1, 0.15) is 44.1 Å². The molecule has 1 aromatic rings. The molecule has 2 heteroatoms. The number of rotatable bonds is 1. The fourth-order valence-electron chi connectivity index (χ4n) is 3.58. The minimum atomic E-state index is 0.574. The van der Waals surface area contributed by atoms with Gasteiger partial charge in [-0.1, -0.05) is 37.5 Å². The van der Waals surface area contributed by atoms with Gasteiger partial charge in [-0.2, -0.15) is 0 Å². The average molecular weight is 230 g/mol. The van der Waals surface area contributed by atoms with Gasteiger partial charge in [-0.3, -0.25) is 0 Å². The Morgan fingerprint density at radius 3 is 2.59 bits per heavy atom. The number of nitrogens with zero attached hydrogens (tertiary/aromatic N) is 1. The Labute approximate surface area is 104 Å². The predicted molar refractivity (Wildman–Crippen MR) is 71.8 cm³/mol. The van der Waals surface area contributed by atoms with Crippen molar-refractivity contribution < 1.29 is 0 Å². The topological polar surface area (TPSA) is 29.3 Å². The summed E-state index contributed by atoms with van der Waals surface area (Å²) in [5.74, 6) is 7.18. The Hall–Kier alpha value is -1.02. The van der Waals surface area contributed by atoms with Crippen molar-refractivity contribution in [1.82, 2.24) is 0 Å². The molecule has 1 fully saturated rings. The molecule has 0 unspecified atom stereocenters. The lowest BCUT2D eigenvalue weighted by Gasteiger charge is -2.41. The largest absolute Gasteiger partial charge is 0.307 e. The monoisotopic (exact) mass is 230 g/mol. The normalized spacial score (nSPS) is 25.7. The molecule has 0 bridgehead atoms. The summed E-state index contributed by atoms with van der Waals surface area (Å²) in [7, 11) is 0. The first-order chi connectivity index (χ1) is 8.36. The van der Waals surface area contributed by atoms with Crippen LogP contribution in [0, 0.1) is 5.92 Å². The number of nitrogens with two attached hydrogens (primary N) is 1. The minimum Gasteiger partial charge on any atom is -0.307 e. The van der Waals surface area contributed by atoms with E-state index in [4.69, 9.17) is 5.84 Å². The van der Waals surface area contributed by atoms with E-state index in [-0.39, 0.29) is 0 Å². The van der Waals surface area contributed by atoms with Gasteiger partial charge in [0.2, 0.25) is 0 Å². The Morgan fingerprint density at radius 1 is 1.00 bits per heavy atom. The van der Waals surface area contributed by atoms with Crippen molar-refractivity contribution >= 4 is 5.69 Å². The van der Waals surface area contributed by atoms with Gasteiger partial charge in [0, 0.05) is 6.04 Å². The quantitative estimate of drug-likeness (QED) is 0.750. The average Bonchev–Trinajstić information content (AvgIpc) is 2.40. The first kappa shape index (κ1) is 11.1. The molecule has 1 saturated carbocycles. The first-order valence-electron chi connectivity index (χ1n) is 6.98. The molecule has 0 aromatic heterocycles. The lowest BCUT2D eigenvalue weighted by Crippen LogP contribution is -2.49. The van der Waals surface area contributed by atoms with Crippen LogP contribution in [0.3, 0.4) is 0 Å². The van der Waals surface area contributed by atoms with Gasteiger partial charge in [0.05, 0.1) is 5.69 Å². The van der Waals surface area contributed by atoms with Gasteiger partial charge < -0.3 is 5.01 Å². The van der Waals surface area contributed by atoms with Crippen molar-refractivity contribution in [3.8, 4) is 0 Å². The summed E-state index contributed by atoms with van der Waals surface area (Å²) in [5, 5.41) is 2.06. The molecule has 0 radical (unpaired) electrons. The molecule has 2 N–H and O–H groups in total. The van der Waals surface area contributed by atoms with Crippen molar-refractivity contribution in [2.24, 2.45) is 11.8 Å². The maximum Gasteiger partial charge on any atom is 0.0552 e. The molecule has 1 aromatic carbocycles. The second-order valence-corrected chi connectivity index (χ2v) is 5.54. The molecule has 1 heterocycles. The highest BCUT2D eigenvalue weighted by atomic mass is 15.4. The van der Waals surface area contributed by atoms with Crippen LogP contribution in [0.5, 0.6) is 0 Å². The van der Waals surface area contributed by atoms with Crippen LogP contribution in [-0.4, -0.2) is 6.04 Å². The van der Waals surface area contributed by atoms with Crippen LogP contribution < -0.4 is 10.9 Å². The summed E-state index contributed by atoms with van der Waals surface area (Å²) in [4.78, 5) is 0. The highest BCUT2D eigenvalue weighted by Crippen LogP contribution is 2.36. The van der Waals surface area contributed by atoms with Crippen LogP contribution in [-0.2, 0) is 6.42 Å². The van der Waals surface area contributed by atoms with E-state index in [1.54, 1.807) is 0 Å². The minimum absolute atomic E-state index is 0.574. The van der Waals surface area contributed by atoms with E-state index >= 15 is 0 Å². The van der Waals surface area contributed by atoms with Crippen molar-refractivity contribution in [3.63, 3.8) is 0 Å². The maximum atomic E-state index is 6.35. The molecular formula is C15H22N2. The standard InChI is InChI=1S/C15H22N2/c16-17-14-9-5-4-8-13(14)10-11-15(17)12-6-2-1-3-7-12/h4-5,8-9,12,15H,1-3,6-7,10-11,16H2/t15-/m0/s1. The van der Waals surface area contributed by atoms with Gasteiger partial charge in [0.25, 0.3) is 0 Å². The highest BCUT2D eigenvalue weighted by molar-refractivity contribution is 5.55. The molecule has 1 aliphatic carbocycles. The van der Waals surface area contributed by atoms with Crippen LogP contribution in [0.4, 0.5) is 5.69 Å². The zero-order chi connectivity index (χ0) is 11.7. The smallest absolute Gasteiger partial charge is 0.0552 e. The van der Waals surface area contributed by atoms with Gasteiger partial charge in [-0.15, -0.1) is 0 Å². The Morgan fingerprint density at radius 2 is 1.76 bits per heavy atom. The number of hydrogen-bond donors (Lipinski definition) is 1. The van der Waals surface area contributed by atoms with Crippen LogP contribution in [0.25, 0.3) is 0 Å². The maximum absolute atomic E-state index is 6.35. The summed E-state index contributed by atoms with van der Waals surface area (Å²) < 4.78 is 0. The summed E-state index contributed by atoms with van der Waals surface area (Å²) in [6.45, 7) is 0. The number of hydrogen-bond acceptors (Lipinski definition) is 2. The highest BCUT2D eigenvalue weighted by Gasteiger charge is 2.31. The van der Waals surface area contributed by atoms with Gasteiger partial charge in [-0.05, 0) is 43.2 Å². The molecule has 1 atom stereocenters. The van der Waals surface area contributed by atoms with E-state index in [0.717, 1.165) is 5.92 Å². The number of aryl methyl sites for hydroxylation is 1. The molecule has 2 nitrogen and oxygen atoms in total. The van der Waals surface area contributed by atoms with Gasteiger partial charge in [-0.25, -0.2) is 5.84 Å². The molecule has 1 aliphatic heterocycles. The van der Waals surface area contributed by atoms with Crippen molar-refractivity contribution in [1.29, 1.82) is 0 Å². The summed E-state index contributed by atoms with van der Waals surface area (Å²) in [6.07, 6.45) is 9.40. The van der Waals surface area contributed by atoms with E-state index < -0.39 is 0 Å². The first-order valence-corrected chi connectivity index (χ1v) is 6.98. The van der Waals surface area contributed by atoms with E-state index in [9.17, 15) is 0 Å². The lowest BCUT2D eigenvalue weighted by molar-refractivity contribution is 0.278. The fourth-order valence-corrected chi connectivity index (χ4v) is 3.58. The van der Waals surface area contributed by atoms with E-state index in [1.165, 1.54) is 56.2 Å². The van der Waals surface area contributed by atoms with Crippen LogP contribution in [0.2, 0.25) is 0 Å². The van der Waals surface area contributed by atoms with Gasteiger partial charge >= 0.3 is 0 Å². The Balaban J connectivity index is 1.81. The molecule has 17 heavy (non-hydrogen) atoms. The Kier molecular flexibility index (Phi) is 3.06. The van der Waals surface area contributed by atoms with Crippen molar-refractivity contribution in [2.45, 2.75) is 51.0 Å². The number of anilines is 1. The predicted octanol–water partition coefficient (Wildman–Crippen LogP) is 3.26. The zero-order valence-electron chi connectivity index (χ0n) is 10.4. The number of para-hydroxylation sites is 1. The summed E-state index contributed by atoms with van der Waals surface area (Å²) in [5.41, 5.74) is 2.68. The number of hydrazine groups is 1. The fraction of sp³-hybridized carbons (Fsp3) is 0.600. The van der Waals surface area contributed by atoms with Crippen LogP contribution >= 0.6 is 0 Å². The van der Waals surface area contributed by atoms with Crippen molar-refractivity contribution in [3.05, 3.63) is 29.8 Å². The second-order valence-electron chi connectivity index (χ2n) is 5.54. The molecule has 92 valence electrons. The van der Waals surface area contributed by atoms with E-state index in [1.807, 2.05) is 0 Å². The number of benzene rings is 1. The molecule has 0 amide bonds. The second kappa shape index (κ2) is 4.69.